The molecule has 0 unspecified atom stereocenters. The Morgan fingerprint density at radius 2 is 2.19 bits per heavy atom. The zero-order valence-electron chi connectivity index (χ0n) is 9.00. The van der Waals surface area contributed by atoms with Crippen molar-refractivity contribution in [3.05, 3.63) is 35.4 Å². The Morgan fingerprint density at radius 1 is 1.38 bits per heavy atom. The van der Waals surface area contributed by atoms with Gasteiger partial charge in [-0.15, -0.1) is 0 Å². The molecule has 1 aliphatic rings. The van der Waals surface area contributed by atoms with Gasteiger partial charge in [-0.1, -0.05) is 6.07 Å². The van der Waals surface area contributed by atoms with E-state index in [1.165, 1.54) is 12.1 Å². The Bertz CT molecular complexity index is 370. The van der Waals surface area contributed by atoms with Crippen LogP contribution in [0, 0.1) is 11.6 Å². The number of rotatable bonds is 3. The van der Waals surface area contributed by atoms with Crippen LogP contribution in [0.2, 0.25) is 0 Å². The van der Waals surface area contributed by atoms with Crippen molar-refractivity contribution in [1.82, 2.24) is 4.90 Å². The minimum Gasteiger partial charge on any atom is -0.395 e. The quantitative estimate of drug-likeness (QED) is 0.852. The Kier molecular flexibility index (Phi) is 3.51. The first-order valence-electron chi connectivity index (χ1n) is 5.49. The minimum absolute atomic E-state index is 0.100. The summed E-state index contributed by atoms with van der Waals surface area (Å²) < 4.78 is 26.1. The Morgan fingerprint density at radius 3 is 2.88 bits per heavy atom. The van der Waals surface area contributed by atoms with E-state index < -0.39 is 11.6 Å². The summed E-state index contributed by atoms with van der Waals surface area (Å²) in [5.41, 5.74) is 0.488. The Hall–Kier alpha value is -1.00. The molecule has 16 heavy (non-hydrogen) atoms. The van der Waals surface area contributed by atoms with Crippen molar-refractivity contribution in [2.75, 3.05) is 13.2 Å². The van der Waals surface area contributed by atoms with Crippen LogP contribution in [0.3, 0.4) is 0 Å². The molecule has 1 N–H and O–H groups in total. The molecule has 88 valence electrons. The molecule has 0 radical (unpaired) electrons. The van der Waals surface area contributed by atoms with Crippen LogP contribution in [0.15, 0.2) is 18.2 Å². The Labute approximate surface area is 93.5 Å². The molecule has 1 saturated heterocycles. The van der Waals surface area contributed by atoms with Crippen LogP contribution in [-0.4, -0.2) is 29.2 Å². The SMILES string of the molecule is OC[C@@H]1CCCN1Cc1ccc(F)cc1F. The molecule has 4 heteroatoms. The molecule has 1 aromatic carbocycles. The zero-order chi connectivity index (χ0) is 11.5. The Balaban J connectivity index is 2.08. The summed E-state index contributed by atoms with van der Waals surface area (Å²) in [5, 5.41) is 9.13. The second-order valence-corrected chi connectivity index (χ2v) is 4.18. The van der Waals surface area contributed by atoms with E-state index in [1.54, 1.807) is 0 Å². The maximum absolute atomic E-state index is 13.4. The number of hydrogen-bond donors (Lipinski definition) is 1. The molecule has 2 rings (SSSR count). The summed E-state index contributed by atoms with van der Waals surface area (Å²) in [7, 11) is 0. The van der Waals surface area contributed by atoms with Gasteiger partial charge >= 0.3 is 0 Å². The van der Waals surface area contributed by atoms with Crippen molar-refractivity contribution < 1.29 is 13.9 Å². The third kappa shape index (κ3) is 2.39. The maximum atomic E-state index is 13.4. The minimum atomic E-state index is -0.554. The molecule has 0 amide bonds. The molecule has 0 aliphatic carbocycles. The van der Waals surface area contributed by atoms with Gasteiger partial charge in [0, 0.05) is 24.2 Å². The van der Waals surface area contributed by atoms with Crippen molar-refractivity contribution in [3.63, 3.8) is 0 Å². The number of likely N-dealkylation sites (tertiary alicyclic amines) is 1. The molecular formula is C12H15F2NO. The second kappa shape index (κ2) is 4.89. The second-order valence-electron chi connectivity index (χ2n) is 4.18. The maximum Gasteiger partial charge on any atom is 0.130 e. The lowest BCUT2D eigenvalue weighted by molar-refractivity contribution is 0.152. The van der Waals surface area contributed by atoms with Crippen LogP contribution in [0.4, 0.5) is 8.78 Å². The summed E-state index contributed by atoms with van der Waals surface area (Å²) in [6, 6.07) is 3.75. The van der Waals surface area contributed by atoms with Crippen molar-refractivity contribution in [2.24, 2.45) is 0 Å². The molecule has 2 nitrogen and oxygen atoms in total. The molecule has 1 aliphatic heterocycles. The monoisotopic (exact) mass is 227 g/mol. The average molecular weight is 227 g/mol. The van der Waals surface area contributed by atoms with E-state index in [0.29, 0.717) is 12.1 Å². The predicted octanol–water partition coefficient (Wildman–Crippen LogP) is 1.92. The predicted molar refractivity (Wildman–Crippen MR) is 56.9 cm³/mol. The first-order valence-corrected chi connectivity index (χ1v) is 5.49. The average Bonchev–Trinajstić information content (AvgIpc) is 2.69. The van der Waals surface area contributed by atoms with E-state index in [1.807, 2.05) is 4.90 Å². The lowest BCUT2D eigenvalue weighted by atomic mass is 10.1. The van der Waals surface area contributed by atoms with Crippen LogP contribution in [0.5, 0.6) is 0 Å². The molecule has 0 saturated carbocycles. The first-order chi connectivity index (χ1) is 7.70. The van der Waals surface area contributed by atoms with E-state index in [-0.39, 0.29) is 12.6 Å². The first kappa shape index (κ1) is 11.5. The highest BCUT2D eigenvalue weighted by molar-refractivity contribution is 5.18. The highest BCUT2D eigenvalue weighted by atomic mass is 19.1. The number of benzene rings is 1. The van der Waals surface area contributed by atoms with Crippen molar-refractivity contribution in [1.29, 1.82) is 0 Å². The highest BCUT2D eigenvalue weighted by Crippen LogP contribution is 2.21. The van der Waals surface area contributed by atoms with Gasteiger partial charge in [-0.25, -0.2) is 8.78 Å². The fraction of sp³-hybridized carbons (Fsp3) is 0.500. The van der Waals surface area contributed by atoms with E-state index in [0.717, 1.165) is 25.5 Å². The molecule has 1 aromatic rings. The van der Waals surface area contributed by atoms with Crippen LogP contribution in [0.1, 0.15) is 18.4 Å². The highest BCUT2D eigenvalue weighted by Gasteiger charge is 2.24. The molecular weight excluding hydrogens is 212 g/mol. The van der Waals surface area contributed by atoms with Crippen molar-refractivity contribution in [2.45, 2.75) is 25.4 Å². The summed E-state index contributed by atoms with van der Waals surface area (Å²) in [5.74, 6) is -1.06. The van der Waals surface area contributed by atoms with Gasteiger partial charge in [-0.05, 0) is 25.5 Å². The van der Waals surface area contributed by atoms with Gasteiger partial charge in [0.15, 0.2) is 0 Å². The van der Waals surface area contributed by atoms with Crippen LogP contribution in [0.25, 0.3) is 0 Å². The lowest BCUT2D eigenvalue weighted by Gasteiger charge is -2.22. The normalized spacial score (nSPS) is 21.6. The smallest absolute Gasteiger partial charge is 0.130 e. The lowest BCUT2D eigenvalue weighted by Crippen LogP contribution is -2.31. The van der Waals surface area contributed by atoms with Crippen molar-refractivity contribution in [3.8, 4) is 0 Å². The molecule has 0 spiro atoms. The van der Waals surface area contributed by atoms with Gasteiger partial charge in [0.25, 0.3) is 0 Å². The zero-order valence-corrected chi connectivity index (χ0v) is 9.00. The van der Waals surface area contributed by atoms with Gasteiger partial charge in [-0.2, -0.15) is 0 Å². The summed E-state index contributed by atoms with van der Waals surface area (Å²) in [6.45, 7) is 1.40. The summed E-state index contributed by atoms with van der Waals surface area (Å²) in [4.78, 5) is 2.04. The van der Waals surface area contributed by atoms with E-state index >= 15 is 0 Å². The number of aliphatic hydroxyl groups excluding tert-OH is 1. The van der Waals surface area contributed by atoms with Crippen LogP contribution >= 0.6 is 0 Å². The molecule has 1 atom stereocenters. The van der Waals surface area contributed by atoms with Crippen molar-refractivity contribution >= 4 is 0 Å². The van der Waals surface area contributed by atoms with E-state index in [4.69, 9.17) is 5.11 Å². The fourth-order valence-corrected chi connectivity index (χ4v) is 2.18. The summed E-state index contributed by atoms with van der Waals surface area (Å²) >= 11 is 0. The number of hydrogen-bond acceptors (Lipinski definition) is 2. The molecule has 0 bridgehead atoms. The fourth-order valence-electron chi connectivity index (χ4n) is 2.18. The molecule has 0 aromatic heterocycles. The van der Waals surface area contributed by atoms with Gasteiger partial charge in [0.1, 0.15) is 11.6 Å². The number of halogens is 2. The van der Waals surface area contributed by atoms with Gasteiger partial charge in [0.2, 0.25) is 0 Å². The van der Waals surface area contributed by atoms with Gasteiger partial charge in [0.05, 0.1) is 6.61 Å². The molecule has 1 heterocycles. The van der Waals surface area contributed by atoms with E-state index in [9.17, 15) is 8.78 Å². The number of nitrogens with zero attached hydrogens (tertiary/aromatic N) is 1. The summed E-state index contributed by atoms with van der Waals surface area (Å²) in [6.07, 6.45) is 1.97. The van der Waals surface area contributed by atoms with Crippen LogP contribution < -0.4 is 0 Å². The molecule has 1 fully saturated rings. The van der Waals surface area contributed by atoms with E-state index in [2.05, 4.69) is 0 Å². The van der Waals surface area contributed by atoms with Gasteiger partial charge in [-0.3, -0.25) is 4.90 Å². The third-order valence-corrected chi connectivity index (χ3v) is 3.10. The third-order valence-electron chi connectivity index (χ3n) is 3.10. The van der Waals surface area contributed by atoms with Gasteiger partial charge < -0.3 is 5.11 Å². The number of aliphatic hydroxyl groups is 1. The largest absolute Gasteiger partial charge is 0.395 e. The van der Waals surface area contributed by atoms with Crippen LogP contribution in [-0.2, 0) is 6.54 Å². The topological polar surface area (TPSA) is 23.5 Å². The standard InChI is InChI=1S/C12H15F2NO/c13-10-4-3-9(12(14)6-10)7-15-5-1-2-11(15)8-16/h3-4,6,11,16H,1-2,5,7-8H2/t11-/m0/s1.